The van der Waals surface area contributed by atoms with E-state index in [1.807, 2.05) is 36.4 Å². The Labute approximate surface area is 271 Å². The fourth-order valence-corrected chi connectivity index (χ4v) is 7.72. The zero-order valence-corrected chi connectivity index (χ0v) is 26.0. The lowest BCUT2D eigenvalue weighted by molar-refractivity contribution is 0.660. The minimum Gasteiger partial charge on any atom is -0.452 e. The molecule has 4 nitrogen and oxygen atoms in total. The van der Waals surface area contributed by atoms with Gasteiger partial charge in [-0.3, -0.25) is 0 Å². The largest absolute Gasteiger partial charge is 0.452 e. The van der Waals surface area contributed by atoms with Gasteiger partial charge < -0.3 is 8.98 Å². The zero-order valence-electron chi connectivity index (χ0n) is 26.0. The lowest BCUT2D eigenvalue weighted by Crippen LogP contribution is -2.15. The van der Waals surface area contributed by atoms with E-state index in [1.165, 1.54) is 27.6 Å². The predicted molar refractivity (Wildman–Crippen MR) is 192 cm³/mol. The third kappa shape index (κ3) is 3.70. The number of nitrogens with zero attached hydrogens (tertiary/aromatic N) is 3. The molecular weight excluding hydrogens is 574 g/mol. The molecule has 47 heavy (non-hydrogen) atoms. The smallest absolute Gasteiger partial charge is 0.180 e. The first-order valence-electron chi connectivity index (χ1n) is 16.1. The summed E-state index contributed by atoms with van der Waals surface area (Å²) in [6.07, 6.45) is 0. The van der Waals surface area contributed by atoms with Gasteiger partial charge in [0.15, 0.2) is 11.4 Å². The number of hydrogen-bond acceptors (Lipinski definition) is 3. The molecular formula is C43H29N3O. The predicted octanol–water partition coefficient (Wildman–Crippen LogP) is 11.1. The fraction of sp³-hybridized carbons (Fsp3) is 0.0698. The second-order valence-corrected chi connectivity index (χ2v) is 13.0. The van der Waals surface area contributed by atoms with Gasteiger partial charge in [-0.2, -0.15) is 0 Å². The molecule has 0 atom stereocenters. The van der Waals surface area contributed by atoms with Crippen molar-refractivity contribution in [3.05, 3.63) is 151 Å². The molecule has 1 aliphatic rings. The van der Waals surface area contributed by atoms with Crippen LogP contribution in [0.4, 0.5) is 0 Å². The van der Waals surface area contributed by atoms with Crippen LogP contribution in [-0.2, 0) is 5.41 Å². The lowest BCUT2D eigenvalue weighted by Gasteiger charge is -2.22. The van der Waals surface area contributed by atoms with E-state index in [0.29, 0.717) is 11.4 Å². The highest BCUT2D eigenvalue weighted by Crippen LogP contribution is 2.49. The van der Waals surface area contributed by atoms with E-state index in [2.05, 4.69) is 122 Å². The maximum Gasteiger partial charge on any atom is 0.180 e. The van der Waals surface area contributed by atoms with Crippen molar-refractivity contribution in [3.8, 4) is 39.5 Å². The van der Waals surface area contributed by atoms with E-state index < -0.39 is 0 Å². The quantitative estimate of drug-likeness (QED) is 0.202. The fourth-order valence-electron chi connectivity index (χ4n) is 7.72. The minimum atomic E-state index is -0.0900. The van der Waals surface area contributed by atoms with Crippen molar-refractivity contribution < 1.29 is 4.42 Å². The van der Waals surface area contributed by atoms with E-state index in [0.717, 1.165) is 55.4 Å². The van der Waals surface area contributed by atoms with Gasteiger partial charge in [0.25, 0.3) is 0 Å². The number of rotatable bonds is 3. The Bertz CT molecular complexity index is 2700. The van der Waals surface area contributed by atoms with E-state index in [1.54, 1.807) is 0 Å². The monoisotopic (exact) mass is 603 g/mol. The zero-order chi connectivity index (χ0) is 31.3. The summed E-state index contributed by atoms with van der Waals surface area (Å²) >= 11 is 0. The Morgan fingerprint density at radius 2 is 1.26 bits per heavy atom. The summed E-state index contributed by atoms with van der Waals surface area (Å²) in [7, 11) is 0. The van der Waals surface area contributed by atoms with Crippen molar-refractivity contribution in [1.82, 2.24) is 14.5 Å². The average Bonchev–Trinajstić information content (AvgIpc) is 3.72. The molecule has 0 N–H and O–H groups in total. The Hall–Kier alpha value is -6.00. The highest BCUT2D eigenvalue weighted by molar-refractivity contribution is 6.17. The molecule has 0 aliphatic heterocycles. The summed E-state index contributed by atoms with van der Waals surface area (Å²) in [5, 5.41) is 3.31. The number of fused-ring (bicyclic) bond motifs is 9. The van der Waals surface area contributed by atoms with E-state index in [-0.39, 0.29) is 5.41 Å². The molecule has 0 saturated heterocycles. The molecule has 0 spiro atoms. The van der Waals surface area contributed by atoms with E-state index in [9.17, 15) is 0 Å². The van der Waals surface area contributed by atoms with Crippen molar-refractivity contribution in [1.29, 1.82) is 0 Å². The topological polar surface area (TPSA) is 43.9 Å². The Kier molecular flexibility index (Phi) is 5.31. The maximum atomic E-state index is 6.69. The van der Waals surface area contributed by atoms with Gasteiger partial charge in [-0.1, -0.05) is 123 Å². The van der Waals surface area contributed by atoms with Gasteiger partial charge in [0, 0.05) is 38.4 Å². The van der Waals surface area contributed by atoms with Crippen LogP contribution in [0.3, 0.4) is 0 Å². The van der Waals surface area contributed by atoms with Crippen LogP contribution in [0.5, 0.6) is 0 Å². The normalized spacial score (nSPS) is 13.5. The molecule has 4 heteroatoms. The van der Waals surface area contributed by atoms with Crippen molar-refractivity contribution >= 4 is 43.9 Å². The summed E-state index contributed by atoms with van der Waals surface area (Å²) in [6.45, 7) is 4.67. The number of hydrogen-bond donors (Lipinski definition) is 0. The molecule has 0 bridgehead atoms. The van der Waals surface area contributed by atoms with Crippen molar-refractivity contribution in [2.75, 3.05) is 0 Å². The first kappa shape index (κ1) is 26.2. The van der Waals surface area contributed by atoms with Gasteiger partial charge >= 0.3 is 0 Å². The number of para-hydroxylation sites is 1. The Morgan fingerprint density at radius 1 is 0.553 bits per heavy atom. The maximum absolute atomic E-state index is 6.69. The summed E-state index contributed by atoms with van der Waals surface area (Å²) < 4.78 is 9.09. The molecule has 6 aromatic carbocycles. The average molecular weight is 604 g/mol. The van der Waals surface area contributed by atoms with Crippen LogP contribution in [0, 0.1) is 0 Å². The first-order chi connectivity index (χ1) is 23.1. The summed E-state index contributed by atoms with van der Waals surface area (Å²) in [4.78, 5) is 10.2. The molecule has 3 heterocycles. The summed E-state index contributed by atoms with van der Waals surface area (Å²) in [5.41, 5.74) is 13.8. The van der Waals surface area contributed by atoms with Crippen molar-refractivity contribution in [2.24, 2.45) is 0 Å². The van der Waals surface area contributed by atoms with Gasteiger partial charge in [-0.15, -0.1) is 0 Å². The van der Waals surface area contributed by atoms with Crippen LogP contribution in [0.25, 0.3) is 83.3 Å². The van der Waals surface area contributed by atoms with Crippen molar-refractivity contribution in [2.45, 2.75) is 19.3 Å². The number of benzene rings is 6. The summed E-state index contributed by atoms with van der Waals surface area (Å²) in [6, 6.07) is 49.3. The standard InChI is InChI=1S/C43H29N3O/c1-43(2)34-19-11-9-17-29(34)30-22-21-28(23-35(30)43)46-36-20-12-10-18-31(36)32-25-38-33(24-37(32)46)40-41(47-38)39(26-13-5-3-6-14-26)44-42(45-40)27-15-7-4-8-16-27/h3-25H,1-2H3. The van der Waals surface area contributed by atoms with Crippen LogP contribution < -0.4 is 0 Å². The van der Waals surface area contributed by atoms with Crippen LogP contribution >= 0.6 is 0 Å². The molecule has 10 rings (SSSR count). The molecule has 3 aromatic heterocycles. The first-order valence-corrected chi connectivity index (χ1v) is 16.1. The van der Waals surface area contributed by atoms with Gasteiger partial charge in [0.05, 0.1) is 11.0 Å². The van der Waals surface area contributed by atoms with Crippen LogP contribution in [0.15, 0.2) is 144 Å². The molecule has 9 aromatic rings. The number of furan rings is 1. The van der Waals surface area contributed by atoms with Crippen LogP contribution in [-0.4, -0.2) is 14.5 Å². The lowest BCUT2D eigenvalue weighted by atomic mass is 9.82. The number of aromatic nitrogens is 3. The SMILES string of the molecule is CC1(C)c2ccccc2-c2ccc(-n3c4ccccc4c4cc5oc6c(-c7ccccc7)nc(-c7ccccc7)nc6c5cc43)cc21. The molecule has 0 unspecified atom stereocenters. The van der Waals surface area contributed by atoms with Gasteiger partial charge in [0.2, 0.25) is 0 Å². The minimum absolute atomic E-state index is 0.0900. The Balaban J connectivity index is 1.27. The third-order valence-electron chi connectivity index (χ3n) is 10.0. The van der Waals surface area contributed by atoms with Gasteiger partial charge in [-0.25, -0.2) is 9.97 Å². The van der Waals surface area contributed by atoms with Gasteiger partial charge in [-0.05, 0) is 52.6 Å². The Morgan fingerprint density at radius 3 is 2.09 bits per heavy atom. The molecule has 1 aliphatic carbocycles. The van der Waals surface area contributed by atoms with Gasteiger partial charge in [0.1, 0.15) is 16.8 Å². The summed E-state index contributed by atoms with van der Waals surface area (Å²) in [5.74, 6) is 0.681. The van der Waals surface area contributed by atoms with E-state index >= 15 is 0 Å². The molecule has 0 saturated carbocycles. The van der Waals surface area contributed by atoms with E-state index in [4.69, 9.17) is 14.4 Å². The second-order valence-electron chi connectivity index (χ2n) is 13.0. The third-order valence-corrected chi connectivity index (χ3v) is 10.0. The molecule has 0 fully saturated rings. The van der Waals surface area contributed by atoms with Crippen LogP contribution in [0.1, 0.15) is 25.0 Å². The highest BCUT2D eigenvalue weighted by Gasteiger charge is 2.35. The molecule has 0 amide bonds. The van der Waals surface area contributed by atoms with Crippen molar-refractivity contribution in [3.63, 3.8) is 0 Å². The molecule has 222 valence electrons. The van der Waals surface area contributed by atoms with Crippen LogP contribution in [0.2, 0.25) is 0 Å². The second kappa shape index (κ2) is 9.51. The highest BCUT2D eigenvalue weighted by atomic mass is 16.3. The molecule has 0 radical (unpaired) electrons.